The number of amides is 2. The highest BCUT2D eigenvalue weighted by molar-refractivity contribution is 5.87. The molecule has 0 aliphatic carbocycles. The number of nitrogens with one attached hydrogen (secondary N) is 2. The second-order valence-electron chi connectivity index (χ2n) is 4.13. The van der Waals surface area contributed by atoms with E-state index in [1.807, 2.05) is 24.3 Å². The Bertz CT molecular complexity index is 365. The first kappa shape index (κ1) is 14.5. The number of benzene rings is 1. The van der Waals surface area contributed by atoms with Crippen LogP contribution in [0.1, 0.15) is 24.9 Å². The number of hydrogen-bond donors (Lipinski definition) is 3. The lowest BCUT2D eigenvalue weighted by Crippen LogP contribution is -2.21. The monoisotopic (exact) mass is 251 g/mol. The fourth-order valence-electron chi connectivity index (χ4n) is 1.65. The van der Waals surface area contributed by atoms with Crippen molar-refractivity contribution in [3.63, 3.8) is 0 Å². The van der Waals surface area contributed by atoms with E-state index < -0.39 is 6.03 Å². The van der Waals surface area contributed by atoms with Gasteiger partial charge in [0.05, 0.1) is 0 Å². The molecule has 5 nitrogen and oxygen atoms in total. The van der Waals surface area contributed by atoms with Crippen LogP contribution in [0.4, 0.5) is 10.5 Å². The molecule has 4 N–H and O–H groups in total. The maximum absolute atomic E-state index is 10.7. The molecule has 0 aliphatic heterocycles. The maximum atomic E-state index is 10.7. The first-order chi connectivity index (χ1) is 8.63. The highest BCUT2D eigenvalue weighted by Crippen LogP contribution is 2.15. The maximum Gasteiger partial charge on any atom is 0.316 e. The van der Waals surface area contributed by atoms with E-state index in [0.29, 0.717) is 5.69 Å². The Kier molecular flexibility index (Phi) is 6.18. The van der Waals surface area contributed by atoms with Crippen molar-refractivity contribution >= 4 is 11.7 Å². The van der Waals surface area contributed by atoms with Gasteiger partial charge in [0.25, 0.3) is 0 Å². The number of primary amides is 1. The average molecular weight is 251 g/mol. The first-order valence-electron chi connectivity index (χ1n) is 6.02. The summed E-state index contributed by atoms with van der Waals surface area (Å²) in [6.45, 7) is 3.78. The second kappa shape index (κ2) is 7.68. The Hall–Kier alpha value is -1.59. The van der Waals surface area contributed by atoms with Crippen molar-refractivity contribution in [1.82, 2.24) is 5.32 Å². The van der Waals surface area contributed by atoms with Gasteiger partial charge in [-0.05, 0) is 37.6 Å². The molecule has 100 valence electrons. The molecule has 0 heterocycles. The van der Waals surface area contributed by atoms with Crippen LogP contribution in [0.15, 0.2) is 24.3 Å². The molecule has 1 aromatic rings. The number of carbonyl (C=O) groups excluding carboxylic acids is 1. The van der Waals surface area contributed by atoms with E-state index in [2.05, 4.69) is 17.6 Å². The summed E-state index contributed by atoms with van der Waals surface area (Å²) in [5.74, 6) is 0. The van der Waals surface area contributed by atoms with Gasteiger partial charge in [0.15, 0.2) is 0 Å². The molecule has 0 saturated carbocycles. The molecule has 0 spiro atoms. The first-order valence-corrected chi connectivity index (χ1v) is 6.02. The van der Waals surface area contributed by atoms with Crippen LogP contribution in [0.3, 0.4) is 0 Å². The van der Waals surface area contributed by atoms with Gasteiger partial charge in [0, 0.05) is 25.4 Å². The third-order valence-corrected chi connectivity index (χ3v) is 2.65. The minimum absolute atomic E-state index is 0.268. The predicted octanol–water partition coefficient (Wildman–Crippen LogP) is 1.86. The lowest BCUT2D eigenvalue weighted by atomic mass is 10.1. The fraction of sp³-hybridized carbons (Fsp3) is 0.462. The largest absolute Gasteiger partial charge is 0.385 e. The van der Waals surface area contributed by atoms with E-state index in [4.69, 9.17) is 10.5 Å². The van der Waals surface area contributed by atoms with E-state index in [-0.39, 0.29) is 6.04 Å². The highest BCUT2D eigenvalue weighted by atomic mass is 16.5. The molecule has 0 saturated heterocycles. The molecular weight excluding hydrogens is 230 g/mol. The molecule has 0 bridgehead atoms. The Morgan fingerprint density at radius 3 is 2.61 bits per heavy atom. The van der Waals surface area contributed by atoms with E-state index in [0.717, 1.165) is 19.6 Å². The second-order valence-corrected chi connectivity index (χ2v) is 4.13. The number of hydrogen-bond acceptors (Lipinski definition) is 3. The number of ether oxygens (including phenoxy) is 1. The molecule has 2 amide bonds. The van der Waals surface area contributed by atoms with Crippen LogP contribution in [-0.4, -0.2) is 26.3 Å². The fourth-order valence-corrected chi connectivity index (χ4v) is 1.65. The Morgan fingerprint density at radius 2 is 2.06 bits per heavy atom. The molecule has 0 aromatic heterocycles. The zero-order chi connectivity index (χ0) is 13.4. The summed E-state index contributed by atoms with van der Waals surface area (Å²) in [5, 5.41) is 5.93. The molecule has 1 aromatic carbocycles. The molecular formula is C13H21N3O2. The van der Waals surface area contributed by atoms with Crippen molar-refractivity contribution in [3.8, 4) is 0 Å². The number of carbonyl (C=O) groups is 1. The van der Waals surface area contributed by atoms with Crippen LogP contribution < -0.4 is 16.4 Å². The van der Waals surface area contributed by atoms with E-state index in [9.17, 15) is 4.79 Å². The summed E-state index contributed by atoms with van der Waals surface area (Å²) in [7, 11) is 1.70. The van der Waals surface area contributed by atoms with Gasteiger partial charge < -0.3 is 21.1 Å². The Morgan fingerprint density at radius 1 is 1.39 bits per heavy atom. The van der Waals surface area contributed by atoms with Gasteiger partial charge in [-0.2, -0.15) is 0 Å². The van der Waals surface area contributed by atoms with E-state index in [1.54, 1.807) is 7.11 Å². The molecule has 1 rings (SSSR count). The van der Waals surface area contributed by atoms with E-state index >= 15 is 0 Å². The molecule has 0 radical (unpaired) electrons. The van der Waals surface area contributed by atoms with Gasteiger partial charge in [-0.1, -0.05) is 12.1 Å². The number of anilines is 1. The smallest absolute Gasteiger partial charge is 0.316 e. The van der Waals surface area contributed by atoms with Crippen molar-refractivity contribution < 1.29 is 9.53 Å². The minimum Gasteiger partial charge on any atom is -0.385 e. The SMILES string of the molecule is COCCCNC(C)c1ccc(NC(N)=O)cc1. The Balaban J connectivity index is 2.43. The molecule has 1 unspecified atom stereocenters. The van der Waals surface area contributed by atoms with Crippen LogP contribution in [-0.2, 0) is 4.74 Å². The summed E-state index contributed by atoms with van der Waals surface area (Å²) >= 11 is 0. The molecule has 0 fully saturated rings. The normalized spacial score (nSPS) is 12.1. The zero-order valence-corrected chi connectivity index (χ0v) is 10.9. The van der Waals surface area contributed by atoms with Gasteiger partial charge in [-0.25, -0.2) is 4.79 Å². The van der Waals surface area contributed by atoms with Crippen molar-refractivity contribution in [1.29, 1.82) is 0 Å². The zero-order valence-electron chi connectivity index (χ0n) is 10.9. The summed E-state index contributed by atoms with van der Waals surface area (Å²) in [6, 6.07) is 7.34. The number of nitrogens with two attached hydrogens (primary N) is 1. The quantitative estimate of drug-likeness (QED) is 0.647. The van der Waals surface area contributed by atoms with Crippen molar-refractivity contribution in [2.45, 2.75) is 19.4 Å². The summed E-state index contributed by atoms with van der Waals surface area (Å²) < 4.78 is 4.99. The number of methoxy groups -OCH3 is 1. The van der Waals surface area contributed by atoms with Gasteiger partial charge in [-0.15, -0.1) is 0 Å². The average Bonchev–Trinajstić information content (AvgIpc) is 2.34. The van der Waals surface area contributed by atoms with Crippen LogP contribution >= 0.6 is 0 Å². The van der Waals surface area contributed by atoms with Crippen LogP contribution in [0.5, 0.6) is 0 Å². The third-order valence-electron chi connectivity index (χ3n) is 2.65. The van der Waals surface area contributed by atoms with Crippen molar-refractivity contribution in [3.05, 3.63) is 29.8 Å². The third kappa shape index (κ3) is 5.16. The minimum atomic E-state index is -0.548. The van der Waals surface area contributed by atoms with Gasteiger partial charge in [0.1, 0.15) is 0 Å². The van der Waals surface area contributed by atoms with Crippen LogP contribution in [0.2, 0.25) is 0 Å². The molecule has 0 aliphatic rings. The molecule has 5 heteroatoms. The topological polar surface area (TPSA) is 76.4 Å². The van der Waals surface area contributed by atoms with Crippen molar-refractivity contribution in [2.75, 3.05) is 25.6 Å². The summed E-state index contributed by atoms with van der Waals surface area (Å²) in [4.78, 5) is 10.7. The van der Waals surface area contributed by atoms with E-state index in [1.165, 1.54) is 5.56 Å². The van der Waals surface area contributed by atoms with Gasteiger partial charge in [0.2, 0.25) is 0 Å². The molecule has 1 atom stereocenters. The Labute approximate surface area is 108 Å². The standard InChI is InChI=1S/C13H21N3O2/c1-10(15-8-3-9-18-2)11-4-6-12(7-5-11)16-13(14)17/h4-7,10,15H,3,8-9H2,1-2H3,(H3,14,16,17). The number of urea groups is 1. The summed E-state index contributed by atoms with van der Waals surface area (Å²) in [6.07, 6.45) is 0.988. The van der Waals surface area contributed by atoms with Crippen LogP contribution in [0, 0.1) is 0 Å². The van der Waals surface area contributed by atoms with Crippen LogP contribution in [0.25, 0.3) is 0 Å². The summed E-state index contributed by atoms with van der Waals surface area (Å²) in [5.41, 5.74) is 6.92. The van der Waals surface area contributed by atoms with Crippen molar-refractivity contribution in [2.24, 2.45) is 5.73 Å². The van der Waals surface area contributed by atoms with Gasteiger partial charge >= 0.3 is 6.03 Å². The number of rotatable bonds is 7. The molecule has 18 heavy (non-hydrogen) atoms. The lowest BCUT2D eigenvalue weighted by Gasteiger charge is -2.14. The lowest BCUT2D eigenvalue weighted by molar-refractivity contribution is 0.193. The van der Waals surface area contributed by atoms with Gasteiger partial charge in [-0.3, -0.25) is 0 Å². The predicted molar refractivity (Wildman–Crippen MR) is 72.6 cm³/mol. The highest BCUT2D eigenvalue weighted by Gasteiger charge is 2.04.